The van der Waals surface area contributed by atoms with Gasteiger partial charge in [0.1, 0.15) is 5.78 Å². The highest BCUT2D eigenvalue weighted by Crippen LogP contribution is 2.40. The summed E-state index contributed by atoms with van der Waals surface area (Å²) in [5, 5.41) is 2.88. The topological polar surface area (TPSA) is 46.2 Å². The lowest BCUT2D eigenvalue weighted by Gasteiger charge is -2.37. The van der Waals surface area contributed by atoms with Gasteiger partial charge in [-0.25, -0.2) is 8.78 Å². The van der Waals surface area contributed by atoms with Crippen molar-refractivity contribution in [3.8, 4) is 0 Å². The first-order valence-electron chi connectivity index (χ1n) is 8.24. The van der Waals surface area contributed by atoms with Gasteiger partial charge in [-0.15, -0.1) is 0 Å². The minimum Gasteiger partial charge on any atom is -0.349 e. The lowest BCUT2D eigenvalue weighted by molar-refractivity contribution is -0.137. The molecule has 2 fully saturated rings. The number of halogens is 2. The maximum absolute atomic E-state index is 13.3. The molecule has 2 saturated carbocycles. The van der Waals surface area contributed by atoms with E-state index in [1.807, 2.05) is 0 Å². The third-order valence-electron chi connectivity index (χ3n) is 5.22. The molecule has 3 nitrogen and oxygen atoms in total. The molecule has 3 atom stereocenters. The van der Waals surface area contributed by atoms with E-state index in [1.54, 1.807) is 6.92 Å². The SMILES string of the molecule is C[C@@H](NC(=O)C1C[C@@H]2CCC[C@@H](C1)C2=O)c1ccc(F)c(F)c1. The molecule has 1 aromatic rings. The number of nitrogens with one attached hydrogen (secondary N) is 1. The first-order chi connectivity index (χ1) is 11.0. The van der Waals surface area contributed by atoms with Crippen LogP contribution in [-0.2, 0) is 9.59 Å². The fourth-order valence-corrected chi connectivity index (χ4v) is 3.89. The monoisotopic (exact) mass is 321 g/mol. The Balaban J connectivity index is 1.64. The van der Waals surface area contributed by atoms with Crippen molar-refractivity contribution in [1.82, 2.24) is 5.32 Å². The number of ketones is 1. The number of Topliss-reactive ketones (excluding diaryl/α,β-unsaturated/α-hetero) is 1. The van der Waals surface area contributed by atoms with E-state index in [9.17, 15) is 18.4 Å². The van der Waals surface area contributed by atoms with Crippen LogP contribution in [-0.4, -0.2) is 11.7 Å². The van der Waals surface area contributed by atoms with Gasteiger partial charge in [0.05, 0.1) is 6.04 Å². The Bertz CT molecular complexity index is 615. The Morgan fingerprint density at radius 2 is 1.83 bits per heavy atom. The van der Waals surface area contributed by atoms with Crippen molar-refractivity contribution in [2.24, 2.45) is 17.8 Å². The molecule has 0 aromatic heterocycles. The summed E-state index contributed by atoms with van der Waals surface area (Å²) in [7, 11) is 0. The number of hydrogen-bond donors (Lipinski definition) is 1. The second-order valence-electron chi connectivity index (χ2n) is 6.80. The Morgan fingerprint density at radius 3 is 2.43 bits per heavy atom. The summed E-state index contributed by atoms with van der Waals surface area (Å²) in [6.07, 6.45) is 4.08. The first-order valence-corrected chi connectivity index (χ1v) is 8.24. The maximum atomic E-state index is 13.3. The summed E-state index contributed by atoms with van der Waals surface area (Å²) in [6, 6.07) is 3.26. The first kappa shape index (κ1) is 16.1. The zero-order valence-electron chi connectivity index (χ0n) is 13.1. The maximum Gasteiger partial charge on any atom is 0.223 e. The molecule has 5 heteroatoms. The van der Waals surface area contributed by atoms with Gasteiger partial charge >= 0.3 is 0 Å². The lowest BCUT2D eigenvalue weighted by atomic mass is 9.67. The quantitative estimate of drug-likeness (QED) is 0.925. The van der Waals surface area contributed by atoms with Gasteiger partial charge in [-0.3, -0.25) is 9.59 Å². The van der Waals surface area contributed by atoms with Crippen LogP contribution in [0, 0.1) is 29.4 Å². The zero-order chi connectivity index (χ0) is 16.6. The van der Waals surface area contributed by atoms with Crippen LogP contribution in [0.15, 0.2) is 18.2 Å². The van der Waals surface area contributed by atoms with E-state index < -0.39 is 17.7 Å². The molecule has 2 aliphatic rings. The Morgan fingerprint density at radius 1 is 1.17 bits per heavy atom. The molecule has 0 heterocycles. The van der Waals surface area contributed by atoms with Crippen molar-refractivity contribution in [2.75, 3.05) is 0 Å². The van der Waals surface area contributed by atoms with Gasteiger partial charge in [0.25, 0.3) is 0 Å². The molecule has 2 aliphatic carbocycles. The third-order valence-corrected chi connectivity index (χ3v) is 5.22. The molecular formula is C18H21F2NO2. The van der Waals surface area contributed by atoms with Crippen molar-refractivity contribution in [3.05, 3.63) is 35.4 Å². The molecule has 0 radical (unpaired) electrons. The molecule has 0 unspecified atom stereocenters. The largest absolute Gasteiger partial charge is 0.349 e. The van der Waals surface area contributed by atoms with Gasteiger partial charge in [0.15, 0.2) is 11.6 Å². The van der Waals surface area contributed by atoms with Crippen molar-refractivity contribution >= 4 is 11.7 Å². The van der Waals surface area contributed by atoms with Crippen LogP contribution in [0.1, 0.15) is 50.6 Å². The van der Waals surface area contributed by atoms with E-state index in [2.05, 4.69) is 5.32 Å². The molecule has 23 heavy (non-hydrogen) atoms. The highest BCUT2D eigenvalue weighted by atomic mass is 19.2. The van der Waals surface area contributed by atoms with Gasteiger partial charge < -0.3 is 5.32 Å². The van der Waals surface area contributed by atoms with Gasteiger partial charge in [-0.2, -0.15) is 0 Å². The van der Waals surface area contributed by atoms with Gasteiger partial charge in [0, 0.05) is 17.8 Å². The molecular weight excluding hydrogens is 300 g/mol. The second kappa shape index (κ2) is 6.38. The fraction of sp³-hybridized carbons (Fsp3) is 0.556. The Labute approximate surface area is 134 Å². The number of fused-ring (bicyclic) bond motifs is 2. The smallest absolute Gasteiger partial charge is 0.223 e. The summed E-state index contributed by atoms with van der Waals surface area (Å²) in [5.74, 6) is -1.68. The van der Waals surface area contributed by atoms with E-state index in [-0.39, 0.29) is 23.7 Å². The van der Waals surface area contributed by atoms with Crippen LogP contribution in [0.25, 0.3) is 0 Å². The summed E-state index contributed by atoms with van der Waals surface area (Å²) >= 11 is 0. The highest BCUT2D eigenvalue weighted by Gasteiger charge is 2.41. The number of carbonyl (C=O) groups is 2. The van der Waals surface area contributed by atoms with Crippen LogP contribution in [0.2, 0.25) is 0 Å². The average Bonchev–Trinajstić information content (AvgIpc) is 2.49. The predicted octanol–water partition coefficient (Wildman–Crippen LogP) is 3.54. The number of hydrogen-bond acceptors (Lipinski definition) is 2. The summed E-state index contributed by atoms with van der Waals surface area (Å²) in [6.45, 7) is 1.75. The third kappa shape index (κ3) is 3.28. The minimum atomic E-state index is -0.915. The number of benzene rings is 1. The van der Waals surface area contributed by atoms with Crippen molar-refractivity contribution < 1.29 is 18.4 Å². The van der Waals surface area contributed by atoms with E-state index >= 15 is 0 Å². The summed E-state index contributed by atoms with van der Waals surface area (Å²) in [4.78, 5) is 24.6. The normalized spacial score (nSPS) is 28.3. The van der Waals surface area contributed by atoms with Crippen LogP contribution < -0.4 is 5.32 Å². The summed E-state index contributed by atoms with van der Waals surface area (Å²) in [5.41, 5.74) is 0.532. The molecule has 0 saturated heterocycles. The summed E-state index contributed by atoms with van der Waals surface area (Å²) < 4.78 is 26.3. The van der Waals surface area contributed by atoms with E-state index in [0.717, 1.165) is 31.4 Å². The zero-order valence-corrected chi connectivity index (χ0v) is 13.1. The van der Waals surface area contributed by atoms with Crippen LogP contribution in [0.5, 0.6) is 0 Å². The molecule has 1 amide bonds. The molecule has 1 aromatic carbocycles. The average molecular weight is 321 g/mol. The fourth-order valence-electron chi connectivity index (χ4n) is 3.89. The lowest BCUT2D eigenvalue weighted by Crippen LogP contribution is -2.43. The molecule has 1 N–H and O–H groups in total. The molecule has 2 bridgehead atoms. The van der Waals surface area contributed by atoms with Crippen LogP contribution in [0.3, 0.4) is 0 Å². The van der Waals surface area contributed by atoms with Crippen molar-refractivity contribution in [1.29, 1.82) is 0 Å². The van der Waals surface area contributed by atoms with Crippen LogP contribution in [0.4, 0.5) is 8.78 Å². The molecule has 0 spiro atoms. The van der Waals surface area contributed by atoms with Crippen molar-refractivity contribution in [3.63, 3.8) is 0 Å². The van der Waals surface area contributed by atoms with E-state index in [0.29, 0.717) is 24.2 Å². The van der Waals surface area contributed by atoms with Crippen molar-refractivity contribution in [2.45, 2.75) is 45.1 Å². The Hall–Kier alpha value is -1.78. The molecule has 3 rings (SSSR count). The van der Waals surface area contributed by atoms with Gasteiger partial charge in [-0.1, -0.05) is 12.5 Å². The van der Waals surface area contributed by atoms with E-state index in [1.165, 1.54) is 6.07 Å². The standard InChI is InChI=1S/C18H21F2NO2/c1-10(11-5-6-15(19)16(20)9-11)21-18(23)14-7-12-3-2-4-13(8-14)17(12)22/h5-6,9-10,12-14H,2-4,7-8H2,1H3,(H,21,23)/t10-,12+,13+/m1/s1. The van der Waals surface area contributed by atoms with Gasteiger partial charge in [0.2, 0.25) is 5.91 Å². The highest BCUT2D eigenvalue weighted by molar-refractivity contribution is 5.88. The van der Waals surface area contributed by atoms with Crippen LogP contribution >= 0.6 is 0 Å². The van der Waals surface area contributed by atoms with Gasteiger partial charge in [-0.05, 0) is 50.3 Å². The predicted molar refractivity (Wildman–Crippen MR) is 81.5 cm³/mol. The number of rotatable bonds is 3. The van der Waals surface area contributed by atoms with E-state index in [4.69, 9.17) is 0 Å². The molecule has 0 aliphatic heterocycles. The molecule has 124 valence electrons. The minimum absolute atomic E-state index is 0.0248. The number of carbonyl (C=O) groups excluding carboxylic acids is 2. The second-order valence-corrected chi connectivity index (χ2v) is 6.80. The Kier molecular flexibility index (Phi) is 4.46. The number of amides is 1.